The molecule has 3 aromatic rings. The van der Waals surface area contributed by atoms with Crippen LogP contribution in [0.4, 0.5) is 0 Å². The topological polar surface area (TPSA) is 52.6 Å². The van der Waals surface area contributed by atoms with E-state index >= 15 is 0 Å². The highest BCUT2D eigenvalue weighted by Crippen LogP contribution is 2.39. The molecular formula is C24H15BrCl2O4. The molecule has 1 aliphatic rings. The summed E-state index contributed by atoms with van der Waals surface area (Å²) in [7, 11) is 0. The van der Waals surface area contributed by atoms with E-state index in [1.54, 1.807) is 67.6 Å². The second-order valence-electron chi connectivity index (χ2n) is 6.90. The Kier molecular flexibility index (Phi) is 6.19. The van der Waals surface area contributed by atoms with Crippen LogP contribution in [-0.4, -0.2) is 18.2 Å². The van der Waals surface area contributed by atoms with Gasteiger partial charge in [0.15, 0.2) is 18.1 Å². The lowest BCUT2D eigenvalue weighted by molar-refractivity contribution is 0.0920. The smallest absolute Gasteiger partial charge is 0.231 e. The van der Waals surface area contributed by atoms with Crippen LogP contribution in [0.15, 0.2) is 64.8 Å². The van der Waals surface area contributed by atoms with Crippen LogP contribution in [0.5, 0.6) is 11.5 Å². The molecule has 0 atom stereocenters. The van der Waals surface area contributed by atoms with E-state index in [-0.39, 0.29) is 23.9 Å². The maximum absolute atomic E-state index is 12.7. The van der Waals surface area contributed by atoms with E-state index in [1.807, 2.05) is 0 Å². The molecule has 0 aromatic heterocycles. The summed E-state index contributed by atoms with van der Waals surface area (Å²) in [6.45, 7) is 1.66. The Morgan fingerprint density at radius 3 is 2.52 bits per heavy atom. The van der Waals surface area contributed by atoms with Crippen molar-refractivity contribution in [2.45, 2.75) is 6.92 Å². The molecule has 0 fully saturated rings. The van der Waals surface area contributed by atoms with Crippen molar-refractivity contribution in [2.75, 3.05) is 6.61 Å². The molecule has 0 N–H and O–H groups in total. The zero-order valence-electron chi connectivity index (χ0n) is 16.2. The van der Waals surface area contributed by atoms with Crippen LogP contribution in [0.1, 0.15) is 31.8 Å². The minimum atomic E-state index is -0.235. The molecule has 0 radical (unpaired) electrons. The zero-order valence-corrected chi connectivity index (χ0v) is 19.3. The Labute approximate surface area is 197 Å². The van der Waals surface area contributed by atoms with Crippen molar-refractivity contribution in [1.29, 1.82) is 0 Å². The highest BCUT2D eigenvalue weighted by molar-refractivity contribution is 9.10. The summed E-state index contributed by atoms with van der Waals surface area (Å²) >= 11 is 15.3. The van der Waals surface area contributed by atoms with Crippen molar-refractivity contribution in [3.63, 3.8) is 0 Å². The van der Waals surface area contributed by atoms with Gasteiger partial charge in [0.25, 0.3) is 0 Å². The molecule has 1 aliphatic heterocycles. The first-order chi connectivity index (χ1) is 14.8. The lowest BCUT2D eigenvalue weighted by Gasteiger charge is -2.11. The summed E-state index contributed by atoms with van der Waals surface area (Å²) in [5.41, 5.74) is 2.34. The molecule has 156 valence electrons. The molecule has 4 nitrogen and oxygen atoms in total. The van der Waals surface area contributed by atoms with Crippen LogP contribution in [0.3, 0.4) is 0 Å². The number of halogens is 3. The van der Waals surface area contributed by atoms with E-state index in [4.69, 9.17) is 32.7 Å². The van der Waals surface area contributed by atoms with Gasteiger partial charge in [-0.1, -0.05) is 57.3 Å². The summed E-state index contributed by atoms with van der Waals surface area (Å²) in [6, 6.07) is 15.4. The average Bonchev–Trinajstić information content (AvgIpc) is 3.07. The van der Waals surface area contributed by atoms with Gasteiger partial charge in [-0.05, 0) is 55.0 Å². The summed E-state index contributed by atoms with van der Waals surface area (Å²) in [5, 5.41) is 0.822. The fraction of sp³-hybridized carbons (Fsp3) is 0.0833. The van der Waals surface area contributed by atoms with Crippen molar-refractivity contribution < 1.29 is 19.1 Å². The molecule has 3 aromatic carbocycles. The summed E-state index contributed by atoms with van der Waals surface area (Å²) < 4.78 is 12.5. The number of hydrogen-bond acceptors (Lipinski definition) is 4. The van der Waals surface area contributed by atoms with E-state index in [2.05, 4.69) is 15.9 Å². The van der Waals surface area contributed by atoms with Gasteiger partial charge in [-0.15, -0.1) is 0 Å². The predicted octanol–water partition coefficient (Wildman–Crippen LogP) is 6.94. The standard InChI is InChI=1S/C24H15BrCl2O4/c1-13-21(30-12-20(28)15-3-5-16(25)6-4-15)9-7-17-23(29)22(31-24(13)17)11-14-2-8-18(26)19(27)10-14/h2-11H,12H2,1H3/b22-11-. The molecular weight excluding hydrogens is 503 g/mol. The minimum absolute atomic E-state index is 0.124. The number of hydrogen-bond donors (Lipinski definition) is 0. The summed E-state index contributed by atoms with van der Waals surface area (Å²) in [6.07, 6.45) is 1.61. The number of benzene rings is 3. The van der Waals surface area contributed by atoms with Gasteiger partial charge in [0.1, 0.15) is 11.5 Å². The van der Waals surface area contributed by atoms with Crippen molar-refractivity contribution in [1.82, 2.24) is 0 Å². The maximum atomic E-state index is 12.7. The number of carbonyl (C=O) groups is 2. The fourth-order valence-corrected chi connectivity index (χ4v) is 3.71. The normalized spacial score (nSPS) is 13.8. The first kappa shape index (κ1) is 21.6. The van der Waals surface area contributed by atoms with Crippen LogP contribution in [-0.2, 0) is 0 Å². The van der Waals surface area contributed by atoms with Crippen molar-refractivity contribution in [3.8, 4) is 11.5 Å². The van der Waals surface area contributed by atoms with E-state index in [9.17, 15) is 9.59 Å². The minimum Gasteiger partial charge on any atom is -0.485 e. The molecule has 0 bridgehead atoms. The summed E-state index contributed by atoms with van der Waals surface area (Å²) in [5.74, 6) is 0.698. The van der Waals surface area contributed by atoms with Crippen LogP contribution >= 0.6 is 39.1 Å². The number of ether oxygens (including phenoxy) is 2. The molecule has 0 saturated heterocycles. The van der Waals surface area contributed by atoms with Gasteiger partial charge in [-0.25, -0.2) is 0 Å². The molecule has 1 heterocycles. The number of carbonyl (C=O) groups excluding carboxylic acids is 2. The third kappa shape index (κ3) is 4.54. The van der Waals surface area contributed by atoms with E-state index in [0.29, 0.717) is 43.8 Å². The zero-order chi connectivity index (χ0) is 22.1. The fourth-order valence-electron chi connectivity index (χ4n) is 3.14. The monoisotopic (exact) mass is 516 g/mol. The molecule has 0 saturated carbocycles. The Morgan fingerprint density at radius 2 is 1.81 bits per heavy atom. The lowest BCUT2D eigenvalue weighted by Crippen LogP contribution is -2.12. The Morgan fingerprint density at radius 1 is 1.06 bits per heavy atom. The number of Topliss-reactive ketones (excluding diaryl/α,β-unsaturated/α-hetero) is 2. The quantitative estimate of drug-likeness (QED) is 0.271. The second-order valence-corrected chi connectivity index (χ2v) is 8.63. The van der Waals surface area contributed by atoms with Crippen LogP contribution < -0.4 is 9.47 Å². The van der Waals surface area contributed by atoms with Crippen molar-refractivity contribution in [3.05, 3.63) is 97.1 Å². The van der Waals surface area contributed by atoms with E-state index < -0.39 is 0 Å². The first-order valence-electron chi connectivity index (χ1n) is 9.28. The van der Waals surface area contributed by atoms with Gasteiger partial charge in [0.05, 0.1) is 15.6 Å². The van der Waals surface area contributed by atoms with E-state index in [0.717, 1.165) is 4.47 Å². The maximum Gasteiger partial charge on any atom is 0.231 e. The Balaban J connectivity index is 1.53. The molecule has 0 aliphatic carbocycles. The van der Waals surface area contributed by atoms with Gasteiger partial charge in [-0.3, -0.25) is 9.59 Å². The SMILES string of the molecule is Cc1c(OCC(=O)c2ccc(Br)cc2)ccc2c1O/C(=C\c1ccc(Cl)c(Cl)c1)C2=O. The van der Waals surface area contributed by atoms with Crippen molar-refractivity contribution >= 4 is 56.8 Å². The first-order valence-corrected chi connectivity index (χ1v) is 10.8. The Bertz CT molecular complexity index is 1230. The van der Waals surface area contributed by atoms with Crippen LogP contribution in [0, 0.1) is 6.92 Å². The lowest BCUT2D eigenvalue weighted by atomic mass is 10.1. The van der Waals surface area contributed by atoms with Gasteiger partial charge in [-0.2, -0.15) is 0 Å². The van der Waals surface area contributed by atoms with Crippen LogP contribution in [0.2, 0.25) is 10.0 Å². The van der Waals surface area contributed by atoms with Gasteiger partial charge < -0.3 is 9.47 Å². The van der Waals surface area contributed by atoms with Gasteiger partial charge >= 0.3 is 0 Å². The third-order valence-corrected chi connectivity index (χ3v) is 6.07. The molecule has 0 spiro atoms. The van der Waals surface area contributed by atoms with Crippen molar-refractivity contribution in [2.24, 2.45) is 0 Å². The molecule has 7 heteroatoms. The third-order valence-electron chi connectivity index (χ3n) is 4.80. The predicted molar refractivity (Wildman–Crippen MR) is 125 cm³/mol. The van der Waals surface area contributed by atoms with Gasteiger partial charge in [0, 0.05) is 15.6 Å². The van der Waals surface area contributed by atoms with Gasteiger partial charge in [0.2, 0.25) is 5.78 Å². The number of allylic oxidation sites excluding steroid dienone is 1. The highest BCUT2D eigenvalue weighted by Gasteiger charge is 2.30. The van der Waals surface area contributed by atoms with E-state index in [1.165, 1.54) is 0 Å². The summed E-state index contributed by atoms with van der Waals surface area (Å²) in [4.78, 5) is 25.1. The second kappa shape index (κ2) is 8.87. The molecule has 4 rings (SSSR count). The molecule has 31 heavy (non-hydrogen) atoms. The number of ketones is 2. The number of fused-ring (bicyclic) bond motifs is 1. The largest absolute Gasteiger partial charge is 0.485 e. The Hall–Kier alpha value is -2.60. The molecule has 0 amide bonds. The molecule has 0 unspecified atom stereocenters. The highest BCUT2D eigenvalue weighted by atomic mass is 79.9. The average molecular weight is 518 g/mol. The number of rotatable bonds is 5. The van der Waals surface area contributed by atoms with Crippen LogP contribution in [0.25, 0.3) is 6.08 Å².